The highest BCUT2D eigenvalue weighted by molar-refractivity contribution is 7.16. The maximum absolute atomic E-state index is 12.4. The van der Waals surface area contributed by atoms with E-state index in [1.807, 2.05) is 13.8 Å². The van der Waals surface area contributed by atoms with Gasteiger partial charge in [0.25, 0.3) is 0 Å². The number of carbonyl (C=O) groups is 1. The molecule has 3 rings (SSSR count). The molecule has 0 unspecified atom stereocenters. The quantitative estimate of drug-likeness (QED) is 0.895. The number of amides is 1. The summed E-state index contributed by atoms with van der Waals surface area (Å²) >= 11 is 1.52. The first kappa shape index (κ1) is 12.7. The lowest BCUT2D eigenvalue weighted by Crippen LogP contribution is -2.27. The number of hydrogen-bond acceptors (Lipinski definition) is 3. The Morgan fingerprint density at radius 3 is 2.74 bits per heavy atom. The predicted molar refractivity (Wildman–Crippen MR) is 76.1 cm³/mol. The second-order valence-corrected chi connectivity index (χ2v) is 7.09. The van der Waals surface area contributed by atoms with Crippen molar-refractivity contribution in [1.82, 2.24) is 0 Å². The second kappa shape index (κ2) is 4.64. The van der Waals surface area contributed by atoms with Gasteiger partial charge in [0.2, 0.25) is 5.91 Å². The molecule has 0 radical (unpaired) electrons. The monoisotopic (exact) mass is 274 g/mol. The van der Waals surface area contributed by atoms with E-state index in [9.17, 15) is 10.1 Å². The Hall–Kier alpha value is -1.34. The fourth-order valence-electron chi connectivity index (χ4n) is 3.62. The van der Waals surface area contributed by atoms with Gasteiger partial charge in [0.1, 0.15) is 11.1 Å². The van der Waals surface area contributed by atoms with E-state index in [0.29, 0.717) is 11.5 Å². The molecule has 100 valence electrons. The topological polar surface area (TPSA) is 52.9 Å². The van der Waals surface area contributed by atoms with Gasteiger partial charge in [0, 0.05) is 10.8 Å². The van der Waals surface area contributed by atoms with Crippen LogP contribution in [0.25, 0.3) is 0 Å². The van der Waals surface area contributed by atoms with E-state index in [2.05, 4.69) is 11.4 Å². The molecule has 19 heavy (non-hydrogen) atoms. The van der Waals surface area contributed by atoms with E-state index in [-0.39, 0.29) is 11.8 Å². The Morgan fingerprint density at radius 1 is 1.37 bits per heavy atom. The molecule has 0 aromatic carbocycles. The number of carbonyl (C=O) groups excluding carboxylic acids is 1. The summed E-state index contributed by atoms with van der Waals surface area (Å²) in [5.74, 6) is 1.65. The van der Waals surface area contributed by atoms with Crippen LogP contribution in [0.4, 0.5) is 5.00 Å². The van der Waals surface area contributed by atoms with Crippen LogP contribution >= 0.6 is 11.3 Å². The first-order valence-corrected chi connectivity index (χ1v) is 7.72. The summed E-state index contributed by atoms with van der Waals surface area (Å²) in [5, 5.41) is 12.9. The van der Waals surface area contributed by atoms with Crippen LogP contribution in [0, 0.1) is 42.9 Å². The van der Waals surface area contributed by atoms with Crippen LogP contribution < -0.4 is 5.32 Å². The van der Waals surface area contributed by atoms with Crippen LogP contribution in [-0.2, 0) is 4.79 Å². The van der Waals surface area contributed by atoms with Gasteiger partial charge in [-0.3, -0.25) is 4.79 Å². The number of rotatable bonds is 2. The van der Waals surface area contributed by atoms with Crippen LogP contribution in [0.1, 0.15) is 41.7 Å². The van der Waals surface area contributed by atoms with E-state index < -0.39 is 0 Å². The molecule has 0 saturated heterocycles. The lowest BCUT2D eigenvalue weighted by atomic mass is 9.88. The zero-order valence-electron chi connectivity index (χ0n) is 11.3. The lowest BCUT2D eigenvalue weighted by Gasteiger charge is -2.20. The normalized spacial score (nSPS) is 28.4. The third-order valence-corrected chi connectivity index (χ3v) is 5.93. The average molecular weight is 274 g/mol. The fraction of sp³-hybridized carbons (Fsp3) is 0.600. The zero-order chi connectivity index (χ0) is 13.6. The number of fused-ring (bicyclic) bond motifs is 2. The number of anilines is 1. The van der Waals surface area contributed by atoms with Gasteiger partial charge in [0.15, 0.2) is 0 Å². The van der Waals surface area contributed by atoms with Gasteiger partial charge in [-0.05, 0) is 50.5 Å². The molecule has 1 aromatic heterocycles. The zero-order valence-corrected chi connectivity index (χ0v) is 12.1. The lowest BCUT2D eigenvalue weighted by molar-refractivity contribution is -0.121. The van der Waals surface area contributed by atoms with Crippen molar-refractivity contribution >= 4 is 22.2 Å². The molecule has 1 N–H and O–H groups in total. The summed E-state index contributed by atoms with van der Waals surface area (Å²) < 4.78 is 0. The molecule has 0 spiro atoms. The highest BCUT2D eigenvalue weighted by atomic mass is 32.1. The van der Waals surface area contributed by atoms with Crippen molar-refractivity contribution in [3.05, 3.63) is 16.0 Å². The summed E-state index contributed by atoms with van der Waals surface area (Å²) in [6, 6.07) is 2.21. The molecule has 3 atom stereocenters. The maximum atomic E-state index is 12.4. The standard InChI is InChI=1S/C15H18N2OS/c1-8-9(2)19-15(13(8)7-16)17-14(18)12-6-10-3-4-11(12)5-10/h10-12H,3-6H2,1-2H3,(H,17,18)/t10-,11+,12+/m0/s1. The minimum atomic E-state index is 0.130. The molecular weight excluding hydrogens is 256 g/mol. The summed E-state index contributed by atoms with van der Waals surface area (Å²) in [6.07, 6.45) is 4.78. The number of hydrogen-bond donors (Lipinski definition) is 1. The molecule has 1 heterocycles. The van der Waals surface area contributed by atoms with E-state index in [1.165, 1.54) is 30.6 Å². The average Bonchev–Trinajstić information content (AvgIpc) is 3.06. The second-order valence-electron chi connectivity index (χ2n) is 5.87. The Labute approximate surface area is 117 Å². The van der Waals surface area contributed by atoms with E-state index in [1.54, 1.807) is 0 Å². The van der Waals surface area contributed by atoms with Crippen molar-refractivity contribution in [2.45, 2.75) is 39.5 Å². The number of nitrogens with one attached hydrogen (secondary N) is 1. The van der Waals surface area contributed by atoms with Crippen molar-refractivity contribution in [3.63, 3.8) is 0 Å². The van der Waals surface area contributed by atoms with Crippen molar-refractivity contribution in [1.29, 1.82) is 5.26 Å². The summed E-state index contributed by atoms with van der Waals surface area (Å²) in [6.45, 7) is 3.94. The third kappa shape index (κ3) is 2.06. The first-order chi connectivity index (χ1) is 9.10. The smallest absolute Gasteiger partial charge is 0.228 e. The first-order valence-electron chi connectivity index (χ1n) is 6.91. The van der Waals surface area contributed by atoms with Crippen molar-refractivity contribution < 1.29 is 4.79 Å². The minimum absolute atomic E-state index is 0.130. The Balaban J connectivity index is 1.77. The van der Waals surface area contributed by atoms with E-state index in [4.69, 9.17) is 0 Å². The molecule has 2 saturated carbocycles. The van der Waals surface area contributed by atoms with E-state index in [0.717, 1.165) is 27.8 Å². The molecule has 1 amide bonds. The maximum Gasteiger partial charge on any atom is 0.228 e. The number of aryl methyl sites for hydroxylation is 1. The van der Waals surface area contributed by atoms with Gasteiger partial charge >= 0.3 is 0 Å². The van der Waals surface area contributed by atoms with Gasteiger partial charge in [-0.25, -0.2) is 0 Å². The molecule has 2 aliphatic carbocycles. The Kier molecular flexibility index (Phi) is 3.10. The molecular formula is C15H18N2OS. The molecule has 0 aliphatic heterocycles. The molecule has 2 aliphatic rings. The SMILES string of the molecule is Cc1sc(NC(=O)[C@@H]2C[C@H]3CC[C@@H]2C3)c(C#N)c1C. The summed E-state index contributed by atoms with van der Waals surface area (Å²) in [7, 11) is 0. The van der Waals surface area contributed by atoms with Crippen LogP contribution in [0.5, 0.6) is 0 Å². The number of nitrogens with zero attached hydrogens (tertiary/aromatic N) is 1. The molecule has 4 heteroatoms. The number of nitriles is 1. The van der Waals surface area contributed by atoms with Crippen LogP contribution in [0.3, 0.4) is 0 Å². The molecule has 2 bridgehead atoms. The highest BCUT2D eigenvalue weighted by Crippen LogP contribution is 2.48. The van der Waals surface area contributed by atoms with Crippen LogP contribution in [0.2, 0.25) is 0 Å². The van der Waals surface area contributed by atoms with Crippen molar-refractivity contribution in [3.8, 4) is 6.07 Å². The molecule has 2 fully saturated rings. The van der Waals surface area contributed by atoms with Gasteiger partial charge < -0.3 is 5.32 Å². The fourth-order valence-corrected chi connectivity index (χ4v) is 4.63. The largest absolute Gasteiger partial charge is 0.316 e. The van der Waals surface area contributed by atoms with Gasteiger partial charge in [-0.2, -0.15) is 5.26 Å². The summed E-state index contributed by atoms with van der Waals surface area (Å²) in [5.41, 5.74) is 1.63. The highest BCUT2D eigenvalue weighted by Gasteiger charge is 2.43. The van der Waals surface area contributed by atoms with Gasteiger partial charge in [0.05, 0.1) is 5.56 Å². The van der Waals surface area contributed by atoms with Crippen LogP contribution in [0.15, 0.2) is 0 Å². The van der Waals surface area contributed by atoms with E-state index >= 15 is 0 Å². The molecule has 3 nitrogen and oxygen atoms in total. The minimum Gasteiger partial charge on any atom is -0.316 e. The Bertz CT molecular complexity index is 569. The predicted octanol–water partition coefficient (Wildman–Crippen LogP) is 3.61. The molecule has 1 aromatic rings. The van der Waals surface area contributed by atoms with Crippen LogP contribution in [-0.4, -0.2) is 5.91 Å². The van der Waals surface area contributed by atoms with Gasteiger partial charge in [-0.1, -0.05) is 6.42 Å². The van der Waals surface area contributed by atoms with Crippen molar-refractivity contribution in [2.75, 3.05) is 5.32 Å². The summed E-state index contributed by atoms with van der Waals surface area (Å²) in [4.78, 5) is 13.5. The van der Waals surface area contributed by atoms with Crippen molar-refractivity contribution in [2.24, 2.45) is 17.8 Å². The Morgan fingerprint density at radius 2 is 2.16 bits per heavy atom. The third-order valence-electron chi connectivity index (χ3n) is 4.81. The van der Waals surface area contributed by atoms with Gasteiger partial charge in [-0.15, -0.1) is 11.3 Å². The number of thiophene rings is 1.